The second-order valence-corrected chi connectivity index (χ2v) is 13.9. The van der Waals surface area contributed by atoms with Crippen LogP contribution in [0.4, 0.5) is 0 Å². The molecule has 4 fully saturated rings. The van der Waals surface area contributed by atoms with Crippen molar-refractivity contribution in [2.75, 3.05) is 39.6 Å². The summed E-state index contributed by atoms with van der Waals surface area (Å²) in [7, 11) is 0. The molecule has 0 aromatic rings. The average Bonchev–Trinajstić information content (AvgIpc) is 3.19. The highest BCUT2D eigenvalue weighted by Crippen LogP contribution is 2.28. The SMILES string of the molecule is OC[C@H]1O[C@@H](OC[C@H]2O[C@@H](OC[C@@H](O)[C@@H](O)[C@H](O)[C@H](O)CO[C@@H]3O[C@H](CO[C@@H]4O[C@H](CO)[C@@H](O)[C@H](O)[C@H]4O)[C@@H](O)[C@H](O)[C@H]3O)[C@H](O)[C@@H](O)[C@@H]2O)[C@H](O)[C@@H](O)[C@@H]1O. The van der Waals surface area contributed by atoms with E-state index in [9.17, 15) is 91.9 Å². The Balaban J connectivity index is 1.25. The molecular weight excluding hydrogens is 776 g/mol. The van der Waals surface area contributed by atoms with E-state index in [4.69, 9.17) is 37.9 Å². The summed E-state index contributed by atoms with van der Waals surface area (Å²) in [5.41, 5.74) is 0. The summed E-state index contributed by atoms with van der Waals surface area (Å²) >= 11 is 0. The molecule has 0 aromatic heterocycles. The molecule has 0 bridgehead atoms. The zero-order valence-corrected chi connectivity index (χ0v) is 29.4. The first-order valence-corrected chi connectivity index (χ1v) is 17.5. The molecule has 26 heteroatoms. The summed E-state index contributed by atoms with van der Waals surface area (Å²) in [5, 5.41) is 183. The van der Waals surface area contributed by atoms with Gasteiger partial charge in [-0.25, -0.2) is 0 Å². The van der Waals surface area contributed by atoms with Gasteiger partial charge in [-0.1, -0.05) is 0 Å². The zero-order valence-electron chi connectivity index (χ0n) is 29.4. The van der Waals surface area contributed by atoms with E-state index in [-0.39, 0.29) is 0 Å². The van der Waals surface area contributed by atoms with Gasteiger partial charge in [0.25, 0.3) is 0 Å². The van der Waals surface area contributed by atoms with Gasteiger partial charge in [-0.15, -0.1) is 0 Å². The van der Waals surface area contributed by atoms with Crippen molar-refractivity contribution in [3.05, 3.63) is 0 Å². The molecule has 0 spiro atoms. The normalized spacial score (nSPS) is 47.2. The van der Waals surface area contributed by atoms with Crippen molar-refractivity contribution in [2.45, 2.75) is 147 Å². The molecule has 0 unspecified atom stereocenters. The molecule has 0 aromatic carbocycles. The fraction of sp³-hybridized carbons (Fsp3) is 1.00. The predicted octanol–water partition coefficient (Wildman–Crippen LogP) is -12.3. The third-order valence-electron chi connectivity index (χ3n) is 9.88. The molecule has 4 saturated heterocycles. The van der Waals surface area contributed by atoms with Crippen molar-refractivity contribution in [2.24, 2.45) is 0 Å². The Morgan fingerprint density at radius 2 is 0.589 bits per heavy atom. The Labute approximate surface area is 317 Å². The highest BCUT2D eigenvalue weighted by atomic mass is 16.7. The van der Waals surface area contributed by atoms with Crippen LogP contribution in [0.3, 0.4) is 0 Å². The van der Waals surface area contributed by atoms with E-state index in [1.165, 1.54) is 0 Å². The smallest absolute Gasteiger partial charge is 0.186 e. The number of hydrogen-bond donors (Lipinski definition) is 18. The van der Waals surface area contributed by atoms with Crippen LogP contribution in [-0.2, 0) is 37.9 Å². The van der Waals surface area contributed by atoms with Gasteiger partial charge in [-0.2, -0.15) is 0 Å². The van der Waals surface area contributed by atoms with Crippen LogP contribution in [0.5, 0.6) is 0 Å². The first-order valence-electron chi connectivity index (χ1n) is 17.5. The summed E-state index contributed by atoms with van der Waals surface area (Å²) in [6.07, 6.45) is -43.2. The summed E-state index contributed by atoms with van der Waals surface area (Å²) in [6, 6.07) is 0. The predicted molar refractivity (Wildman–Crippen MR) is 169 cm³/mol. The fourth-order valence-electron chi connectivity index (χ4n) is 6.21. The molecule has 18 N–H and O–H groups in total. The van der Waals surface area contributed by atoms with Gasteiger partial charge in [0.2, 0.25) is 0 Å². The molecular formula is C30H54O26. The molecule has 0 radical (unpaired) electrons. The van der Waals surface area contributed by atoms with E-state index in [0.29, 0.717) is 0 Å². The minimum atomic E-state index is -2.21. The second-order valence-electron chi connectivity index (χ2n) is 13.9. The standard InChI is InChI=1S/C30H54O26/c31-1-9-15(37)19(41)23(45)29(53-9)51-5-11-17(39)21(43)25(47)27(55-11)49-3-7(33)13(35)14(36)8(34)4-50-28-26(48)22(44)18(40)12(56-28)6-52-30-24(46)20(42)16(38)10(2-32)54-30/h7-48H,1-6H2/t7-,8-,9-,10-,11-,12-,13-,14-,15-,16-,17-,18-,19+,20+,21+,22+,23-,24-,25-,26-,27-,28-,29-,30-/m1/s1. The van der Waals surface area contributed by atoms with Gasteiger partial charge in [-0.3, -0.25) is 0 Å². The number of ether oxygens (including phenoxy) is 8. The maximum absolute atomic E-state index is 10.5. The zero-order chi connectivity index (χ0) is 41.8. The van der Waals surface area contributed by atoms with E-state index in [1.54, 1.807) is 0 Å². The van der Waals surface area contributed by atoms with Crippen molar-refractivity contribution >= 4 is 0 Å². The lowest BCUT2D eigenvalue weighted by molar-refractivity contribution is -0.334. The van der Waals surface area contributed by atoms with E-state index in [0.717, 1.165) is 0 Å². The fourth-order valence-corrected chi connectivity index (χ4v) is 6.21. The van der Waals surface area contributed by atoms with Crippen LogP contribution in [0.1, 0.15) is 0 Å². The molecule has 4 aliphatic heterocycles. The Hall–Kier alpha value is -1.04. The van der Waals surface area contributed by atoms with Crippen LogP contribution in [0, 0.1) is 0 Å². The molecule has 4 heterocycles. The van der Waals surface area contributed by atoms with E-state index in [2.05, 4.69) is 0 Å². The first-order chi connectivity index (χ1) is 26.3. The maximum Gasteiger partial charge on any atom is 0.186 e. The first kappa shape index (κ1) is 47.6. The van der Waals surface area contributed by atoms with Gasteiger partial charge in [0.05, 0.1) is 39.6 Å². The lowest BCUT2D eigenvalue weighted by Crippen LogP contribution is -2.62. The maximum atomic E-state index is 10.5. The quantitative estimate of drug-likeness (QED) is 0.0647. The Kier molecular flexibility index (Phi) is 17.8. The van der Waals surface area contributed by atoms with Crippen molar-refractivity contribution in [3.8, 4) is 0 Å². The van der Waals surface area contributed by atoms with Gasteiger partial charge in [0.1, 0.15) is 122 Å². The Morgan fingerprint density at radius 1 is 0.339 bits per heavy atom. The number of aliphatic hydroxyl groups is 18. The minimum Gasteiger partial charge on any atom is -0.394 e. The highest BCUT2D eigenvalue weighted by Gasteiger charge is 2.50. The van der Waals surface area contributed by atoms with Gasteiger partial charge < -0.3 is 130 Å². The van der Waals surface area contributed by atoms with Crippen molar-refractivity contribution in [1.29, 1.82) is 0 Å². The van der Waals surface area contributed by atoms with E-state index >= 15 is 0 Å². The van der Waals surface area contributed by atoms with Gasteiger partial charge in [-0.05, 0) is 0 Å². The highest BCUT2D eigenvalue weighted by molar-refractivity contribution is 4.94. The second kappa shape index (κ2) is 21.0. The van der Waals surface area contributed by atoms with Crippen LogP contribution in [-0.4, -0.2) is 279 Å². The van der Waals surface area contributed by atoms with Gasteiger partial charge in [0, 0.05) is 0 Å². The molecule has 26 nitrogen and oxygen atoms in total. The van der Waals surface area contributed by atoms with E-state index < -0.39 is 187 Å². The average molecular weight is 831 g/mol. The van der Waals surface area contributed by atoms with Crippen LogP contribution in [0.2, 0.25) is 0 Å². The van der Waals surface area contributed by atoms with Crippen molar-refractivity contribution < 1.29 is 130 Å². The number of rotatable bonds is 17. The van der Waals surface area contributed by atoms with Crippen LogP contribution < -0.4 is 0 Å². The van der Waals surface area contributed by atoms with Crippen LogP contribution >= 0.6 is 0 Å². The van der Waals surface area contributed by atoms with Gasteiger partial charge >= 0.3 is 0 Å². The molecule has 330 valence electrons. The van der Waals surface area contributed by atoms with Crippen molar-refractivity contribution in [3.63, 3.8) is 0 Å². The minimum absolute atomic E-state index is 0.689. The van der Waals surface area contributed by atoms with Crippen LogP contribution in [0.15, 0.2) is 0 Å². The lowest BCUT2D eigenvalue weighted by atomic mass is 9.98. The Bertz CT molecular complexity index is 1070. The molecule has 0 amide bonds. The third kappa shape index (κ3) is 10.8. The largest absolute Gasteiger partial charge is 0.394 e. The number of aliphatic hydroxyl groups excluding tert-OH is 18. The number of hydrogen-bond acceptors (Lipinski definition) is 26. The van der Waals surface area contributed by atoms with E-state index in [1.807, 2.05) is 0 Å². The molecule has 56 heavy (non-hydrogen) atoms. The van der Waals surface area contributed by atoms with Crippen molar-refractivity contribution in [1.82, 2.24) is 0 Å². The molecule has 0 aliphatic carbocycles. The van der Waals surface area contributed by atoms with Crippen LogP contribution in [0.25, 0.3) is 0 Å². The summed E-state index contributed by atoms with van der Waals surface area (Å²) < 4.78 is 42.3. The summed E-state index contributed by atoms with van der Waals surface area (Å²) in [5.74, 6) is 0. The molecule has 4 rings (SSSR count). The molecule has 4 aliphatic rings. The topological polar surface area (TPSA) is 438 Å². The lowest BCUT2D eigenvalue weighted by Gasteiger charge is -2.43. The summed E-state index contributed by atoms with van der Waals surface area (Å²) in [4.78, 5) is 0. The monoisotopic (exact) mass is 830 g/mol. The molecule has 0 saturated carbocycles. The summed E-state index contributed by atoms with van der Waals surface area (Å²) in [6.45, 7) is -4.79. The molecule has 24 atom stereocenters. The third-order valence-corrected chi connectivity index (χ3v) is 9.88. The Morgan fingerprint density at radius 3 is 0.875 bits per heavy atom. The van der Waals surface area contributed by atoms with Gasteiger partial charge in [0.15, 0.2) is 25.2 Å².